The van der Waals surface area contributed by atoms with Crippen LogP contribution >= 0.6 is 11.8 Å². The summed E-state index contributed by atoms with van der Waals surface area (Å²) in [5.74, 6) is 0.319. The van der Waals surface area contributed by atoms with Gasteiger partial charge in [-0.1, -0.05) is 91.0 Å². The number of para-hydroxylation sites is 2. The maximum Gasteiger partial charge on any atom is 0.144 e. The molecule has 0 radical (unpaired) electrons. The molecule has 0 spiro atoms. The molecule has 0 aliphatic carbocycles. The van der Waals surface area contributed by atoms with Crippen molar-refractivity contribution in [3.05, 3.63) is 138 Å². The molecule has 0 aliphatic rings. The zero-order valence-corrected chi connectivity index (χ0v) is 20.2. The van der Waals surface area contributed by atoms with Gasteiger partial charge in [-0.05, 0) is 48.4 Å². The molecule has 0 amide bonds. The minimum absolute atomic E-state index is 0.0506. The first kappa shape index (κ1) is 21.6. The fourth-order valence-electron chi connectivity index (χ4n) is 4.91. The number of aromatic hydroxyl groups is 1. The van der Waals surface area contributed by atoms with E-state index in [1.165, 1.54) is 15.7 Å². The first-order chi connectivity index (χ1) is 17.2. The van der Waals surface area contributed by atoms with E-state index in [0.29, 0.717) is 5.75 Å². The molecule has 35 heavy (non-hydrogen) atoms. The molecule has 2 nitrogen and oxygen atoms in total. The highest BCUT2D eigenvalue weighted by Crippen LogP contribution is 2.46. The van der Waals surface area contributed by atoms with Crippen LogP contribution in [0.2, 0.25) is 0 Å². The SMILES string of the molecule is Cc1cc(C(Sc2ccccc2)c2ccccc2)c(O)c(-n2c3ccccc3c3ccccc32)c1. The molecule has 0 aliphatic heterocycles. The third-order valence-electron chi connectivity index (χ3n) is 6.47. The number of hydrogen-bond acceptors (Lipinski definition) is 2. The van der Waals surface area contributed by atoms with Gasteiger partial charge in [0, 0.05) is 21.2 Å². The van der Waals surface area contributed by atoms with Gasteiger partial charge in [0.05, 0.1) is 22.0 Å². The molecule has 0 fully saturated rings. The van der Waals surface area contributed by atoms with E-state index in [1.54, 1.807) is 11.8 Å². The average molecular weight is 472 g/mol. The van der Waals surface area contributed by atoms with Crippen LogP contribution < -0.4 is 0 Å². The van der Waals surface area contributed by atoms with Crippen molar-refractivity contribution in [2.75, 3.05) is 0 Å². The van der Waals surface area contributed by atoms with Crippen LogP contribution in [0.4, 0.5) is 0 Å². The summed E-state index contributed by atoms with van der Waals surface area (Å²) in [7, 11) is 0. The Labute approximate surface area is 209 Å². The molecule has 1 heterocycles. The quantitative estimate of drug-likeness (QED) is 0.254. The molecule has 5 aromatic carbocycles. The Morgan fingerprint density at radius 1 is 0.657 bits per heavy atom. The van der Waals surface area contributed by atoms with Crippen LogP contribution in [-0.2, 0) is 0 Å². The normalized spacial score (nSPS) is 12.3. The average Bonchev–Trinajstić information content (AvgIpc) is 3.24. The van der Waals surface area contributed by atoms with E-state index in [1.807, 2.05) is 12.1 Å². The van der Waals surface area contributed by atoms with Gasteiger partial charge in [0.25, 0.3) is 0 Å². The number of thioether (sulfide) groups is 1. The third-order valence-corrected chi connectivity index (χ3v) is 7.77. The molecule has 6 aromatic rings. The molecule has 0 bridgehead atoms. The summed E-state index contributed by atoms with van der Waals surface area (Å²) >= 11 is 1.76. The van der Waals surface area contributed by atoms with Crippen molar-refractivity contribution in [2.45, 2.75) is 17.1 Å². The van der Waals surface area contributed by atoms with E-state index in [4.69, 9.17) is 0 Å². The summed E-state index contributed by atoms with van der Waals surface area (Å²) < 4.78 is 2.20. The molecule has 1 unspecified atom stereocenters. The number of phenols is 1. The van der Waals surface area contributed by atoms with E-state index in [-0.39, 0.29) is 5.25 Å². The summed E-state index contributed by atoms with van der Waals surface area (Å²) in [4.78, 5) is 1.17. The van der Waals surface area contributed by atoms with Crippen LogP contribution in [-0.4, -0.2) is 9.67 Å². The maximum atomic E-state index is 11.9. The summed E-state index contributed by atoms with van der Waals surface area (Å²) in [6.07, 6.45) is 0. The largest absolute Gasteiger partial charge is 0.505 e. The molecule has 0 saturated heterocycles. The van der Waals surface area contributed by atoms with E-state index < -0.39 is 0 Å². The van der Waals surface area contributed by atoms with Crippen molar-refractivity contribution in [3.8, 4) is 11.4 Å². The number of rotatable bonds is 5. The first-order valence-electron chi connectivity index (χ1n) is 11.8. The smallest absolute Gasteiger partial charge is 0.144 e. The zero-order valence-electron chi connectivity index (χ0n) is 19.4. The predicted molar refractivity (Wildman–Crippen MR) is 148 cm³/mol. The molecular formula is C32H25NOS. The van der Waals surface area contributed by atoms with Crippen LogP contribution in [0.15, 0.2) is 126 Å². The Hall–Kier alpha value is -3.95. The van der Waals surface area contributed by atoms with Crippen LogP contribution in [0.5, 0.6) is 5.75 Å². The number of aryl methyl sites for hydroxylation is 1. The van der Waals surface area contributed by atoms with Gasteiger partial charge in [-0.15, -0.1) is 11.8 Å². The monoisotopic (exact) mass is 471 g/mol. The fraction of sp³-hybridized carbons (Fsp3) is 0.0625. The lowest BCUT2D eigenvalue weighted by atomic mass is 10.00. The number of phenolic OH excluding ortho intramolecular Hbond substituents is 1. The lowest BCUT2D eigenvalue weighted by Crippen LogP contribution is -2.03. The fourth-order valence-corrected chi connectivity index (χ4v) is 6.10. The Morgan fingerprint density at radius 2 is 1.20 bits per heavy atom. The van der Waals surface area contributed by atoms with Gasteiger partial charge in [-0.3, -0.25) is 0 Å². The Morgan fingerprint density at radius 3 is 1.83 bits per heavy atom. The predicted octanol–water partition coefficient (Wildman–Crippen LogP) is 8.68. The third kappa shape index (κ3) is 3.88. The molecule has 0 saturated carbocycles. The van der Waals surface area contributed by atoms with E-state index in [2.05, 4.69) is 121 Å². The van der Waals surface area contributed by atoms with Gasteiger partial charge in [-0.2, -0.15) is 0 Å². The van der Waals surface area contributed by atoms with Gasteiger partial charge in [0.2, 0.25) is 0 Å². The molecule has 170 valence electrons. The highest BCUT2D eigenvalue weighted by molar-refractivity contribution is 7.99. The first-order valence-corrected chi connectivity index (χ1v) is 12.7. The zero-order chi connectivity index (χ0) is 23.8. The summed E-state index contributed by atoms with van der Waals surface area (Å²) in [6.45, 7) is 2.11. The topological polar surface area (TPSA) is 25.2 Å². The second kappa shape index (κ2) is 9.01. The van der Waals surface area contributed by atoms with Crippen LogP contribution in [0, 0.1) is 6.92 Å². The standard InChI is InChI=1S/C32H25NOS/c1-22-20-27(32(23-12-4-2-5-13-23)35-24-14-6-3-7-15-24)31(34)30(21-22)33-28-18-10-8-16-25(28)26-17-9-11-19-29(26)33/h2-21,32,34H,1H3. The molecule has 1 aromatic heterocycles. The lowest BCUT2D eigenvalue weighted by molar-refractivity contribution is 0.466. The second-order valence-electron chi connectivity index (χ2n) is 8.81. The molecule has 6 rings (SSSR count). The Bertz CT molecular complexity index is 1580. The van der Waals surface area contributed by atoms with Crippen LogP contribution in [0.25, 0.3) is 27.5 Å². The Balaban J connectivity index is 1.60. The highest BCUT2D eigenvalue weighted by Gasteiger charge is 2.24. The molecule has 1 atom stereocenters. The highest BCUT2D eigenvalue weighted by atomic mass is 32.2. The lowest BCUT2D eigenvalue weighted by Gasteiger charge is -2.22. The van der Waals surface area contributed by atoms with E-state index in [0.717, 1.165) is 33.4 Å². The van der Waals surface area contributed by atoms with E-state index >= 15 is 0 Å². The van der Waals surface area contributed by atoms with Gasteiger partial charge < -0.3 is 9.67 Å². The van der Waals surface area contributed by atoms with Crippen molar-refractivity contribution < 1.29 is 5.11 Å². The molecule has 3 heteroatoms. The second-order valence-corrected chi connectivity index (χ2v) is 9.99. The van der Waals surface area contributed by atoms with Gasteiger partial charge in [0.1, 0.15) is 5.75 Å². The molecule has 1 N–H and O–H groups in total. The van der Waals surface area contributed by atoms with Crippen molar-refractivity contribution in [1.82, 2.24) is 4.57 Å². The van der Waals surface area contributed by atoms with Crippen LogP contribution in [0.3, 0.4) is 0 Å². The summed E-state index contributed by atoms with van der Waals surface area (Å²) in [5.41, 5.74) is 6.19. The van der Waals surface area contributed by atoms with Gasteiger partial charge in [-0.25, -0.2) is 0 Å². The van der Waals surface area contributed by atoms with Crippen molar-refractivity contribution >= 4 is 33.6 Å². The Kier molecular flexibility index (Phi) is 5.55. The minimum Gasteiger partial charge on any atom is -0.505 e. The number of fused-ring (bicyclic) bond motifs is 3. The van der Waals surface area contributed by atoms with Gasteiger partial charge in [0.15, 0.2) is 0 Å². The van der Waals surface area contributed by atoms with Gasteiger partial charge >= 0.3 is 0 Å². The number of aromatic nitrogens is 1. The van der Waals surface area contributed by atoms with Crippen molar-refractivity contribution in [1.29, 1.82) is 0 Å². The van der Waals surface area contributed by atoms with E-state index in [9.17, 15) is 5.11 Å². The van der Waals surface area contributed by atoms with Crippen molar-refractivity contribution in [3.63, 3.8) is 0 Å². The maximum absolute atomic E-state index is 11.9. The minimum atomic E-state index is -0.0506. The molecular weight excluding hydrogens is 446 g/mol. The van der Waals surface area contributed by atoms with Crippen molar-refractivity contribution in [2.24, 2.45) is 0 Å². The number of benzene rings is 5. The van der Waals surface area contributed by atoms with Crippen LogP contribution in [0.1, 0.15) is 21.9 Å². The number of hydrogen-bond donors (Lipinski definition) is 1. The summed E-state index contributed by atoms with van der Waals surface area (Å²) in [6, 6.07) is 41.9. The number of nitrogens with zero attached hydrogens (tertiary/aromatic N) is 1. The summed E-state index contributed by atoms with van der Waals surface area (Å²) in [5, 5.41) is 14.2.